The normalized spacial score (nSPS) is 12.6. The Morgan fingerprint density at radius 1 is 1.25 bits per heavy atom. The molecular weight excluding hydrogens is 222 g/mol. The van der Waals surface area contributed by atoms with Crippen molar-refractivity contribution in [3.63, 3.8) is 0 Å². The van der Waals surface area contributed by atoms with Gasteiger partial charge in [0.15, 0.2) is 5.54 Å². The van der Waals surface area contributed by atoms with Gasteiger partial charge in [-0.2, -0.15) is 4.57 Å². The Morgan fingerprint density at radius 3 is 2.25 bits per heavy atom. The molecule has 0 aliphatic rings. The van der Waals surface area contributed by atoms with Gasteiger partial charge in [-0.3, -0.25) is 0 Å². The van der Waals surface area contributed by atoms with E-state index in [9.17, 15) is 4.79 Å². The smallest absolute Gasteiger partial charge is 0.405 e. The van der Waals surface area contributed by atoms with Gasteiger partial charge in [0.05, 0.1) is 5.38 Å². The summed E-state index contributed by atoms with van der Waals surface area (Å²) in [5.41, 5.74) is 2.01. The van der Waals surface area contributed by atoms with Crippen molar-refractivity contribution >= 4 is 17.3 Å². The van der Waals surface area contributed by atoms with Crippen LogP contribution in [0.2, 0.25) is 0 Å². The Kier molecular flexibility index (Phi) is 3.43. The van der Waals surface area contributed by atoms with Gasteiger partial charge in [0.25, 0.3) is 0 Å². The molecule has 0 aliphatic carbocycles. The molecule has 3 nitrogen and oxygen atoms in total. The van der Waals surface area contributed by atoms with Crippen molar-refractivity contribution < 1.29 is 14.1 Å². The fourth-order valence-corrected chi connectivity index (χ4v) is 2.22. The molecule has 16 heavy (non-hydrogen) atoms. The van der Waals surface area contributed by atoms with Gasteiger partial charge < -0.3 is 4.74 Å². The first kappa shape index (κ1) is 13.2. The molecule has 4 heteroatoms. The number of ether oxygens (including phenoxy) is 1. The maximum Gasteiger partial charge on any atom is 0.405 e. The van der Waals surface area contributed by atoms with E-state index < -0.39 is 5.60 Å². The van der Waals surface area contributed by atoms with Gasteiger partial charge in [0, 0.05) is 20.8 Å². The Labute approximate surface area is 101 Å². The molecule has 0 aliphatic heterocycles. The molecule has 1 aromatic heterocycles. The van der Waals surface area contributed by atoms with Crippen molar-refractivity contribution in [3.05, 3.63) is 16.6 Å². The first-order valence-corrected chi connectivity index (χ1v) is 6.27. The third kappa shape index (κ3) is 3.30. The van der Waals surface area contributed by atoms with Gasteiger partial charge in [0.1, 0.15) is 5.60 Å². The zero-order valence-electron chi connectivity index (χ0n) is 10.8. The molecule has 0 atom stereocenters. The van der Waals surface area contributed by atoms with Gasteiger partial charge in [-0.25, -0.2) is 4.79 Å². The fourth-order valence-electron chi connectivity index (χ4n) is 1.27. The third-order valence-corrected chi connectivity index (χ3v) is 2.63. The fraction of sp³-hybridized carbons (Fsp3) is 0.667. The molecule has 0 fully saturated rings. The Hall–Kier alpha value is -0.900. The van der Waals surface area contributed by atoms with E-state index in [4.69, 9.17) is 4.74 Å². The van der Waals surface area contributed by atoms with Crippen LogP contribution in [0.25, 0.3) is 0 Å². The summed E-state index contributed by atoms with van der Waals surface area (Å²) >= 11 is 1.51. The molecule has 0 aromatic carbocycles. The Morgan fingerprint density at radius 2 is 1.81 bits per heavy atom. The van der Waals surface area contributed by atoms with Crippen LogP contribution < -0.4 is 4.57 Å². The van der Waals surface area contributed by atoms with Gasteiger partial charge >= 0.3 is 11.7 Å². The molecule has 0 N–H and O–H groups in total. The molecule has 90 valence electrons. The largest absolute Gasteiger partial charge is 0.452 e. The highest BCUT2D eigenvalue weighted by atomic mass is 32.1. The number of carbonyl (C=O) groups is 1. The van der Waals surface area contributed by atoms with Gasteiger partial charge in [0.2, 0.25) is 5.51 Å². The second-order valence-electron chi connectivity index (χ2n) is 5.79. The molecule has 1 rings (SSSR count). The van der Waals surface area contributed by atoms with Crippen molar-refractivity contribution in [1.82, 2.24) is 0 Å². The lowest BCUT2D eigenvalue weighted by atomic mass is 10.1. The van der Waals surface area contributed by atoms with E-state index in [0.717, 1.165) is 0 Å². The third-order valence-electron chi connectivity index (χ3n) is 1.94. The molecule has 0 saturated carbocycles. The zero-order valence-corrected chi connectivity index (χ0v) is 11.6. The summed E-state index contributed by atoms with van der Waals surface area (Å²) < 4.78 is 7.31. The van der Waals surface area contributed by atoms with Crippen LogP contribution in [0, 0.1) is 0 Å². The first-order chi connectivity index (χ1) is 7.11. The summed E-state index contributed by atoms with van der Waals surface area (Å²) in [4.78, 5) is 12.0. The van der Waals surface area contributed by atoms with Crippen LogP contribution in [-0.2, 0) is 10.3 Å². The number of carbonyl (C=O) groups excluding carboxylic acids is 1. The minimum Gasteiger partial charge on any atom is -0.452 e. The average Bonchev–Trinajstić information content (AvgIpc) is 2.45. The first-order valence-electron chi connectivity index (χ1n) is 5.33. The summed E-state index contributed by atoms with van der Waals surface area (Å²) in [6, 6.07) is 0. The maximum atomic E-state index is 12.0. The quantitative estimate of drug-likeness (QED) is 0.560. The lowest BCUT2D eigenvalue weighted by Crippen LogP contribution is -2.53. The lowest BCUT2D eigenvalue weighted by molar-refractivity contribution is -0.751. The predicted octanol–water partition coefficient (Wildman–Crippen LogP) is 2.75. The van der Waals surface area contributed by atoms with E-state index in [1.807, 2.05) is 36.2 Å². The highest BCUT2D eigenvalue weighted by molar-refractivity contribution is 7.07. The van der Waals surface area contributed by atoms with Crippen LogP contribution >= 0.6 is 11.3 Å². The zero-order chi connectivity index (χ0) is 12.6. The molecule has 0 saturated heterocycles. The van der Waals surface area contributed by atoms with Crippen molar-refractivity contribution in [2.24, 2.45) is 0 Å². The van der Waals surface area contributed by atoms with Crippen molar-refractivity contribution in [1.29, 1.82) is 0 Å². The topological polar surface area (TPSA) is 30.2 Å². The number of thiazole rings is 1. The maximum absolute atomic E-state index is 12.0. The highest BCUT2D eigenvalue weighted by Crippen LogP contribution is 2.14. The molecule has 0 bridgehead atoms. The van der Waals surface area contributed by atoms with Crippen LogP contribution in [-0.4, -0.2) is 11.6 Å². The SMILES string of the molecule is CC(C)(C)OC(=O)c1csc[n+]1C(C)(C)C. The number of nitrogens with zero attached hydrogens (tertiary/aromatic N) is 1. The summed E-state index contributed by atoms with van der Waals surface area (Å²) in [5, 5.41) is 1.83. The minimum atomic E-state index is -0.450. The molecular formula is C12H20NO2S+. The monoisotopic (exact) mass is 242 g/mol. The summed E-state index contributed by atoms with van der Waals surface area (Å²) in [6.45, 7) is 11.8. The lowest BCUT2D eigenvalue weighted by Gasteiger charge is -2.19. The van der Waals surface area contributed by atoms with Crippen LogP contribution in [0.5, 0.6) is 0 Å². The van der Waals surface area contributed by atoms with Crippen LogP contribution in [0.4, 0.5) is 0 Å². The molecule has 1 aromatic rings. The molecule has 0 amide bonds. The van der Waals surface area contributed by atoms with Crippen molar-refractivity contribution in [2.75, 3.05) is 0 Å². The second kappa shape index (κ2) is 4.17. The van der Waals surface area contributed by atoms with Crippen LogP contribution in [0.1, 0.15) is 52.0 Å². The number of aromatic nitrogens is 1. The van der Waals surface area contributed by atoms with E-state index >= 15 is 0 Å². The second-order valence-corrected chi connectivity index (χ2v) is 6.51. The summed E-state index contributed by atoms with van der Waals surface area (Å²) in [5.74, 6) is -0.260. The molecule has 1 heterocycles. The van der Waals surface area contributed by atoms with E-state index in [0.29, 0.717) is 5.69 Å². The summed E-state index contributed by atoms with van der Waals surface area (Å²) in [6.07, 6.45) is 0. The van der Waals surface area contributed by atoms with Crippen molar-refractivity contribution in [3.8, 4) is 0 Å². The predicted molar refractivity (Wildman–Crippen MR) is 64.7 cm³/mol. The van der Waals surface area contributed by atoms with Crippen molar-refractivity contribution in [2.45, 2.75) is 52.7 Å². The van der Waals surface area contributed by atoms with Gasteiger partial charge in [-0.1, -0.05) is 11.3 Å². The standard InChI is InChI=1S/C12H20NO2S/c1-11(2,3)13-8-16-7-9(13)10(14)15-12(4,5)6/h7-8H,1-6H3/q+1. The van der Waals surface area contributed by atoms with E-state index in [1.165, 1.54) is 11.3 Å². The van der Waals surface area contributed by atoms with E-state index in [2.05, 4.69) is 20.8 Å². The van der Waals surface area contributed by atoms with Crippen LogP contribution in [0.15, 0.2) is 10.9 Å². The highest BCUT2D eigenvalue weighted by Gasteiger charge is 2.33. The average molecular weight is 242 g/mol. The molecule has 0 radical (unpaired) electrons. The summed E-state index contributed by atoms with van der Waals surface area (Å²) in [7, 11) is 0. The van der Waals surface area contributed by atoms with Gasteiger partial charge in [-0.15, -0.1) is 0 Å². The van der Waals surface area contributed by atoms with E-state index in [-0.39, 0.29) is 11.5 Å². The molecule has 0 spiro atoms. The number of rotatable bonds is 1. The Bertz CT molecular complexity index is 382. The number of hydrogen-bond acceptors (Lipinski definition) is 3. The van der Waals surface area contributed by atoms with E-state index in [1.54, 1.807) is 0 Å². The Balaban J connectivity index is 2.98. The van der Waals surface area contributed by atoms with Gasteiger partial charge in [-0.05, 0) is 20.8 Å². The number of hydrogen-bond donors (Lipinski definition) is 0. The molecule has 0 unspecified atom stereocenters. The minimum absolute atomic E-state index is 0.105. The van der Waals surface area contributed by atoms with Crippen LogP contribution in [0.3, 0.4) is 0 Å². The number of esters is 1.